The maximum atomic E-state index is 12.7. The fourth-order valence-corrected chi connectivity index (χ4v) is 7.22. The number of ketones is 1. The van der Waals surface area contributed by atoms with Crippen molar-refractivity contribution < 1.29 is 14.3 Å². The zero-order valence-electron chi connectivity index (χ0n) is 16.9. The van der Waals surface area contributed by atoms with E-state index in [1.165, 1.54) is 12.0 Å². The SMILES string of the molecule is CC12CCC(=O)C=C1CC1C2CCC2(C)C(OC(=O)c3ccccc3)CCC12. The van der Waals surface area contributed by atoms with E-state index in [2.05, 4.69) is 13.8 Å². The molecule has 0 N–H and O–H groups in total. The summed E-state index contributed by atoms with van der Waals surface area (Å²) in [4.78, 5) is 24.7. The second-order valence-corrected chi connectivity index (χ2v) is 10.0. The highest BCUT2D eigenvalue weighted by Crippen LogP contribution is 2.67. The summed E-state index contributed by atoms with van der Waals surface area (Å²) in [5.41, 5.74) is 2.35. The Balaban J connectivity index is 1.38. The second-order valence-electron chi connectivity index (χ2n) is 10.0. The zero-order chi connectivity index (χ0) is 19.5. The Kier molecular flexibility index (Phi) is 4.08. The van der Waals surface area contributed by atoms with E-state index in [1.54, 1.807) is 0 Å². The van der Waals surface area contributed by atoms with Crippen LogP contribution in [0.5, 0.6) is 0 Å². The number of carbonyl (C=O) groups excluding carboxylic acids is 2. The van der Waals surface area contributed by atoms with E-state index >= 15 is 0 Å². The Morgan fingerprint density at radius 1 is 1.04 bits per heavy atom. The highest BCUT2D eigenvalue weighted by atomic mass is 16.5. The Bertz CT molecular complexity index is 841. The quantitative estimate of drug-likeness (QED) is 0.651. The van der Waals surface area contributed by atoms with Crippen LogP contribution in [0.4, 0.5) is 0 Å². The minimum absolute atomic E-state index is 0.0113. The van der Waals surface area contributed by atoms with E-state index in [9.17, 15) is 9.59 Å². The summed E-state index contributed by atoms with van der Waals surface area (Å²) in [6.45, 7) is 4.76. The largest absolute Gasteiger partial charge is 0.458 e. The Morgan fingerprint density at radius 3 is 2.61 bits per heavy atom. The number of allylic oxidation sites excluding steroid dienone is 2. The molecule has 4 aliphatic rings. The molecule has 0 spiro atoms. The third-order valence-electron chi connectivity index (χ3n) is 8.84. The van der Waals surface area contributed by atoms with E-state index < -0.39 is 0 Å². The van der Waals surface area contributed by atoms with Crippen LogP contribution in [0.15, 0.2) is 42.0 Å². The van der Waals surface area contributed by atoms with Crippen LogP contribution in [0.2, 0.25) is 0 Å². The molecular formula is C25H30O3. The highest BCUT2D eigenvalue weighted by molar-refractivity contribution is 5.91. The van der Waals surface area contributed by atoms with Crippen LogP contribution >= 0.6 is 0 Å². The van der Waals surface area contributed by atoms with Gasteiger partial charge < -0.3 is 4.74 Å². The van der Waals surface area contributed by atoms with Crippen molar-refractivity contribution in [1.82, 2.24) is 0 Å². The number of fused-ring (bicyclic) bond motifs is 5. The number of esters is 1. The molecule has 0 bridgehead atoms. The van der Waals surface area contributed by atoms with Gasteiger partial charge in [0.25, 0.3) is 0 Å². The maximum absolute atomic E-state index is 12.7. The molecule has 28 heavy (non-hydrogen) atoms. The summed E-state index contributed by atoms with van der Waals surface area (Å²) in [5, 5.41) is 0. The van der Waals surface area contributed by atoms with E-state index in [-0.39, 0.29) is 22.9 Å². The lowest BCUT2D eigenvalue weighted by Gasteiger charge is -2.49. The van der Waals surface area contributed by atoms with Gasteiger partial charge in [-0.3, -0.25) is 4.79 Å². The van der Waals surface area contributed by atoms with Gasteiger partial charge in [-0.05, 0) is 79.9 Å². The van der Waals surface area contributed by atoms with Gasteiger partial charge in [0, 0.05) is 11.8 Å². The molecule has 0 aliphatic heterocycles. The van der Waals surface area contributed by atoms with Crippen molar-refractivity contribution in [3.63, 3.8) is 0 Å². The normalized spacial score (nSPS) is 41.6. The van der Waals surface area contributed by atoms with Crippen molar-refractivity contribution in [3.8, 4) is 0 Å². The number of carbonyl (C=O) groups is 2. The van der Waals surface area contributed by atoms with E-state index in [4.69, 9.17) is 4.74 Å². The van der Waals surface area contributed by atoms with Crippen molar-refractivity contribution in [3.05, 3.63) is 47.5 Å². The third kappa shape index (κ3) is 2.54. The minimum Gasteiger partial charge on any atom is -0.458 e. The Hall–Kier alpha value is -1.90. The molecule has 148 valence electrons. The number of ether oxygens (including phenoxy) is 1. The van der Waals surface area contributed by atoms with Crippen molar-refractivity contribution in [2.24, 2.45) is 28.6 Å². The average molecular weight is 379 g/mol. The molecule has 6 unspecified atom stereocenters. The molecular weight excluding hydrogens is 348 g/mol. The number of benzene rings is 1. The van der Waals surface area contributed by atoms with Gasteiger partial charge in [-0.1, -0.05) is 37.6 Å². The lowest BCUT2D eigenvalue weighted by atomic mass is 9.56. The average Bonchev–Trinajstić information content (AvgIpc) is 3.17. The third-order valence-corrected chi connectivity index (χ3v) is 8.84. The van der Waals surface area contributed by atoms with Crippen LogP contribution in [0.1, 0.15) is 69.2 Å². The summed E-state index contributed by atoms with van der Waals surface area (Å²) in [6, 6.07) is 9.36. The second kappa shape index (κ2) is 6.30. The van der Waals surface area contributed by atoms with E-state index in [1.807, 2.05) is 36.4 Å². The molecule has 6 atom stereocenters. The molecule has 0 aromatic heterocycles. The molecule has 3 saturated carbocycles. The standard InChI is InChI=1S/C25H30O3/c1-24-12-10-18(26)14-17(24)15-19-20-8-9-22(25(20,2)13-11-21(19)24)28-23(27)16-6-4-3-5-7-16/h3-7,14,19-22H,8-13,15H2,1-2H3. The molecule has 0 radical (unpaired) electrons. The lowest BCUT2D eigenvalue weighted by Crippen LogP contribution is -2.45. The van der Waals surface area contributed by atoms with E-state index in [0.717, 1.165) is 32.1 Å². The first-order valence-electron chi connectivity index (χ1n) is 10.9. The highest BCUT2D eigenvalue weighted by Gasteiger charge is 2.61. The lowest BCUT2D eigenvalue weighted by molar-refractivity contribution is -0.116. The van der Waals surface area contributed by atoms with Crippen LogP contribution in [0.25, 0.3) is 0 Å². The summed E-state index contributed by atoms with van der Waals surface area (Å²) in [6.07, 6.45) is 9.23. The van der Waals surface area contributed by atoms with Gasteiger partial charge in [-0.2, -0.15) is 0 Å². The topological polar surface area (TPSA) is 43.4 Å². The van der Waals surface area contributed by atoms with Gasteiger partial charge in [0.1, 0.15) is 6.10 Å². The summed E-state index contributed by atoms with van der Waals surface area (Å²) in [7, 11) is 0. The van der Waals surface area contributed by atoms with Crippen molar-refractivity contribution in [2.45, 2.75) is 64.9 Å². The fourth-order valence-electron chi connectivity index (χ4n) is 7.22. The predicted molar refractivity (Wildman–Crippen MR) is 108 cm³/mol. The molecule has 3 nitrogen and oxygen atoms in total. The van der Waals surface area contributed by atoms with Gasteiger partial charge in [-0.15, -0.1) is 0 Å². The molecule has 0 heterocycles. The molecule has 5 rings (SSSR count). The van der Waals surface area contributed by atoms with Gasteiger partial charge in [0.05, 0.1) is 5.56 Å². The van der Waals surface area contributed by atoms with Crippen LogP contribution in [-0.4, -0.2) is 17.9 Å². The number of rotatable bonds is 2. The summed E-state index contributed by atoms with van der Waals surface area (Å²) >= 11 is 0. The maximum Gasteiger partial charge on any atom is 0.338 e. The number of hydrogen-bond acceptors (Lipinski definition) is 3. The van der Waals surface area contributed by atoms with Crippen molar-refractivity contribution in [1.29, 1.82) is 0 Å². The number of hydrogen-bond donors (Lipinski definition) is 0. The monoisotopic (exact) mass is 378 g/mol. The minimum atomic E-state index is -0.185. The van der Waals surface area contributed by atoms with Crippen LogP contribution in [-0.2, 0) is 9.53 Å². The van der Waals surface area contributed by atoms with Crippen LogP contribution < -0.4 is 0 Å². The molecule has 0 amide bonds. The molecule has 3 heteroatoms. The summed E-state index contributed by atoms with van der Waals surface area (Å²) in [5.74, 6) is 2.05. The molecule has 0 saturated heterocycles. The van der Waals surface area contributed by atoms with Crippen molar-refractivity contribution >= 4 is 11.8 Å². The fraction of sp³-hybridized carbons (Fsp3) is 0.600. The predicted octanol–water partition coefficient (Wildman–Crippen LogP) is 5.35. The zero-order valence-corrected chi connectivity index (χ0v) is 16.9. The molecule has 1 aromatic rings. The van der Waals surface area contributed by atoms with Gasteiger partial charge in [0.15, 0.2) is 5.78 Å². The van der Waals surface area contributed by atoms with Crippen LogP contribution in [0, 0.1) is 28.6 Å². The molecule has 3 fully saturated rings. The molecule has 4 aliphatic carbocycles. The Morgan fingerprint density at radius 2 is 1.82 bits per heavy atom. The van der Waals surface area contributed by atoms with Crippen LogP contribution in [0.3, 0.4) is 0 Å². The van der Waals surface area contributed by atoms with Gasteiger partial charge in [0.2, 0.25) is 0 Å². The molecule has 1 aromatic carbocycles. The van der Waals surface area contributed by atoms with Gasteiger partial charge in [-0.25, -0.2) is 4.79 Å². The van der Waals surface area contributed by atoms with Gasteiger partial charge >= 0.3 is 5.97 Å². The van der Waals surface area contributed by atoms with Crippen molar-refractivity contribution in [2.75, 3.05) is 0 Å². The first kappa shape index (κ1) is 18.1. The smallest absolute Gasteiger partial charge is 0.338 e. The first-order valence-corrected chi connectivity index (χ1v) is 10.9. The van der Waals surface area contributed by atoms with E-state index in [0.29, 0.717) is 35.5 Å². The summed E-state index contributed by atoms with van der Waals surface area (Å²) < 4.78 is 6.07. The first-order chi connectivity index (χ1) is 13.4. The Labute approximate surface area is 167 Å².